The maximum absolute atomic E-state index is 10.9. The summed E-state index contributed by atoms with van der Waals surface area (Å²) in [6.45, 7) is 8.12. The maximum atomic E-state index is 10.9. The molecule has 0 heterocycles. The predicted octanol–water partition coefficient (Wildman–Crippen LogP) is 5.67. The summed E-state index contributed by atoms with van der Waals surface area (Å²) in [5.41, 5.74) is 7.66. The highest BCUT2D eigenvalue weighted by Gasteiger charge is 2.16. The van der Waals surface area contributed by atoms with E-state index in [1.165, 1.54) is 11.1 Å². The third-order valence-electron chi connectivity index (χ3n) is 4.44. The molecule has 0 atom stereocenters. The van der Waals surface area contributed by atoms with Gasteiger partial charge in [-0.1, -0.05) is 47.5 Å². The summed E-state index contributed by atoms with van der Waals surface area (Å²) in [5, 5.41) is 21.1. The fourth-order valence-electron chi connectivity index (χ4n) is 3.26. The second-order valence-electron chi connectivity index (χ2n) is 6.53. The van der Waals surface area contributed by atoms with Crippen molar-refractivity contribution in [1.29, 1.82) is 0 Å². The van der Waals surface area contributed by atoms with Crippen LogP contribution in [0.15, 0.2) is 48.5 Å². The monoisotopic (exact) mass is 318 g/mol. The van der Waals surface area contributed by atoms with Crippen LogP contribution in [0, 0.1) is 27.7 Å². The number of rotatable bonds is 2. The summed E-state index contributed by atoms with van der Waals surface area (Å²) in [5.74, 6) is 0.351. The minimum absolute atomic E-state index is 0.151. The van der Waals surface area contributed by atoms with Gasteiger partial charge in [0, 0.05) is 11.1 Å². The van der Waals surface area contributed by atoms with E-state index in [0.29, 0.717) is 11.1 Å². The summed E-state index contributed by atoms with van der Waals surface area (Å²) in [7, 11) is 0. The molecule has 0 aliphatic rings. The normalized spacial score (nSPS) is 10.8. The Morgan fingerprint density at radius 2 is 0.958 bits per heavy atom. The Morgan fingerprint density at radius 1 is 0.542 bits per heavy atom. The Bertz CT molecular complexity index is 851. The van der Waals surface area contributed by atoms with E-state index < -0.39 is 0 Å². The molecule has 2 N–H and O–H groups in total. The fourth-order valence-corrected chi connectivity index (χ4v) is 3.26. The molecular weight excluding hydrogens is 296 g/mol. The highest BCUT2D eigenvalue weighted by atomic mass is 16.3. The molecule has 0 unspecified atom stereocenters. The lowest BCUT2D eigenvalue weighted by molar-refractivity contribution is 0.463. The molecule has 2 heteroatoms. The van der Waals surface area contributed by atoms with Gasteiger partial charge in [-0.3, -0.25) is 0 Å². The minimum Gasteiger partial charge on any atom is -0.508 e. The van der Waals surface area contributed by atoms with Crippen LogP contribution in [0.1, 0.15) is 22.3 Å². The van der Waals surface area contributed by atoms with Crippen LogP contribution in [0.5, 0.6) is 11.5 Å². The Labute approximate surface area is 143 Å². The van der Waals surface area contributed by atoms with E-state index in [-0.39, 0.29) is 11.5 Å². The van der Waals surface area contributed by atoms with Crippen molar-refractivity contribution in [3.63, 3.8) is 0 Å². The lowest BCUT2D eigenvalue weighted by Crippen LogP contribution is -1.90. The standard InChI is InChI=1S/C22H22O2/c1-13-5-7-18(15(3)9-13)20-11-17(23)12-21(22(20)24)19-8-6-14(2)10-16(19)4/h5-12,23-24H,1-4H3. The van der Waals surface area contributed by atoms with Crippen LogP contribution in [0.25, 0.3) is 22.3 Å². The summed E-state index contributed by atoms with van der Waals surface area (Å²) in [6.07, 6.45) is 0. The molecule has 0 aliphatic heterocycles. The Hall–Kier alpha value is -2.74. The quantitative estimate of drug-likeness (QED) is 0.598. The molecule has 0 spiro atoms. The van der Waals surface area contributed by atoms with Gasteiger partial charge in [-0.25, -0.2) is 0 Å². The first-order valence-electron chi connectivity index (χ1n) is 8.08. The van der Waals surface area contributed by atoms with Gasteiger partial charge in [-0.05, 0) is 62.1 Å². The van der Waals surface area contributed by atoms with Crippen molar-refractivity contribution in [3.8, 4) is 33.8 Å². The van der Waals surface area contributed by atoms with Gasteiger partial charge in [0.05, 0.1) is 0 Å². The predicted molar refractivity (Wildman–Crippen MR) is 99.6 cm³/mol. The molecule has 2 nitrogen and oxygen atoms in total. The van der Waals surface area contributed by atoms with Gasteiger partial charge >= 0.3 is 0 Å². The van der Waals surface area contributed by atoms with Crippen LogP contribution >= 0.6 is 0 Å². The number of hydrogen-bond donors (Lipinski definition) is 2. The van der Waals surface area contributed by atoms with Gasteiger partial charge in [0.25, 0.3) is 0 Å². The van der Waals surface area contributed by atoms with E-state index in [9.17, 15) is 10.2 Å². The second-order valence-corrected chi connectivity index (χ2v) is 6.53. The Balaban J connectivity index is 2.25. The number of hydrogen-bond acceptors (Lipinski definition) is 2. The molecule has 0 aromatic heterocycles. The van der Waals surface area contributed by atoms with E-state index >= 15 is 0 Å². The SMILES string of the molecule is Cc1ccc(-c2cc(O)cc(-c3ccc(C)cc3C)c2O)c(C)c1. The zero-order valence-electron chi connectivity index (χ0n) is 14.5. The minimum atomic E-state index is 0.151. The highest BCUT2D eigenvalue weighted by molar-refractivity contribution is 5.85. The molecule has 3 aromatic rings. The molecule has 0 saturated carbocycles. The summed E-state index contributed by atoms with van der Waals surface area (Å²) in [6, 6.07) is 15.4. The molecule has 0 amide bonds. The van der Waals surface area contributed by atoms with Crippen LogP contribution < -0.4 is 0 Å². The topological polar surface area (TPSA) is 40.5 Å². The smallest absolute Gasteiger partial charge is 0.131 e. The molecule has 0 fully saturated rings. The van der Waals surface area contributed by atoms with Gasteiger partial charge in [0.2, 0.25) is 0 Å². The molecule has 0 bridgehead atoms. The number of phenols is 2. The van der Waals surface area contributed by atoms with Crippen LogP contribution in [0.2, 0.25) is 0 Å². The molecule has 24 heavy (non-hydrogen) atoms. The third kappa shape index (κ3) is 2.88. The average Bonchev–Trinajstić information content (AvgIpc) is 2.50. The van der Waals surface area contributed by atoms with E-state index in [2.05, 4.69) is 12.1 Å². The lowest BCUT2D eigenvalue weighted by Gasteiger charge is -2.15. The molecular formula is C22H22O2. The molecule has 0 radical (unpaired) electrons. The number of benzene rings is 3. The van der Waals surface area contributed by atoms with Crippen LogP contribution in [0.3, 0.4) is 0 Å². The summed E-state index contributed by atoms with van der Waals surface area (Å²) in [4.78, 5) is 0. The zero-order chi connectivity index (χ0) is 17.4. The van der Waals surface area contributed by atoms with Crippen molar-refractivity contribution in [2.75, 3.05) is 0 Å². The zero-order valence-corrected chi connectivity index (χ0v) is 14.5. The third-order valence-corrected chi connectivity index (χ3v) is 4.44. The summed E-state index contributed by atoms with van der Waals surface area (Å²) < 4.78 is 0. The fraction of sp³-hybridized carbons (Fsp3) is 0.182. The number of aryl methyl sites for hydroxylation is 4. The molecule has 0 aliphatic carbocycles. The van der Waals surface area contributed by atoms with E-state index in [1.54, 1.807) is 12.1 Å². The van der Waals surface area contributed by atoms with Crippen molar-refractivity contribution < 1.29 is 10.2 Å². The number of phenolic OH excluding ortho intramolecular Hbond substituents is 2. The molecule has 3 aromatic carbocycles. The van der Waals surface area contributed by atoms with Crippen LogP contribution in [0.4, 0.5) is 0 Å². The first-order valence-corrected chi connectivity index (χ1v) is 8.08. The average molecular weight is 318 g/mol. The maximum Gasteiger partial charge on any atom is 0.131 e. The van der Waals surface area contributed by atoms with Crippen LogP contribution in [-0.4, -0.2) is 10.2 Å². The van der Waals surface area contributed by atoms with Crippen molar-refractivity contribution >= 4 is 0 Å². The Kier molecular flexibility index (Phi) is 4.06. The number of aromatic hydroxyl groups is 2. The van der Waals surface area contributed by atoms with Gasteiger partial charge in [0.1, 0.15) is 11.5 Å². The van der Waals surface area contributed by atoms with E-state index in [4.69, 9.17) is 0 Å². The van der Waals surface area contributed by atoms with Gasteiger partial charge in [-0.15, -0.1) is 0 Å². The first kappa shape index (κ1) is 16.1. The van der Waals surface area contributed by atoms with Gasteiger partial charge in [-0.2, -0.15) is 0 Å². The van der Waals surface area contributed by atoms with Crippen molar-refractivity contribution in [3.05, 3.63) is 70.8 Å². The van der Waals surface area contributed by atoms with Crippen molar-refractivity contribution in [2.24, 2.45) is 0 Å². The highest BCUT2D eigenvalue weighted by Crippen LogP contribution is 2.43. The first-order chi connectivity index (χ1) is 11.4. The lowest BCUT2D eigenvalue weighted by atomic mass is 9.92. The van der Waals surface area contributed by atoms with Gasteiger partial charge in [0.15, 0.2) is 0 Å². The molecule has 0 saturated heterocycles. The van der Waals surface area contributed by atoms with Crippen molar-refractivity contribution in [2.45, 2.75) is 27.7 Å². The van der Waals surface area contributed by atoms with Crippen molar-refractivity contribution in [1.82, 2.24) is 0 Å². The van der Waals surface area contributed by atoms with Crippen LogP contribution in [-0.2, 0) is 0 Å². The largest absolute Gasteiger partial charge is 0.508 e. The second kappa shape index (κ2) is 6.04. The molecule has 122 valence electrons. The van der Waals surface area contributed by atoms with E-state index in [0.717, 1.165) is 22.3 Å². The summed E-state index contributed by atoms with van der Waals surface area (Å²) >= 11 is 0. The Morgan fingerprint density at radius 3 is 1.33 bits per heavy atom. The molecule has 3 rings (SSSR count). The van der Waals surface area contributed by atoms with E-state index in [1.807, 2.05) is 52.0 Å². The van der Waals surface area contributed by atoms with Gasteiger partial charge < -0.3 is 10.2 Å².